The Labute approximate surface area is 100 Å². The van der Waals surface area contributed by atoms with Gasteiger partial charge >= 0.3 is 0 Å². The highest BCUT2D eigenvalue weighted by Crippen LogP contribution is 2.19. The molecule has 0 bridgehead atoms. The van der Waals surface area contributed by atoms with Gasteiger partial charge in [-0.25, -0.2) is 13.2 Å². The third-order valence-corrected chi connectivity index (χ3v) is 2.59. The van der Waals surface area contributed by atoms with Crippen LogP contribution in [-0.2, 0) is 0 Å². The Hall–Kier alpha value is -1.19. The molecule has 0 radical (unpaired) electrons. The fourth-order valence-electron chi connectivity index (χ4n) is 1.64. The second-order valence-corrected chi connectivity index (χ2v) is 4.09. The summed E-state index contributed by atoms with van der Waals surface area (Å²) in [5.41, 5.74) is -0.0991. The standard InChI is InChI=1S/C13H18F3N/c1-2-3-4-5-6-7-17-12-9-10(14)8-11(15)13(12)16/h8-9,17H,2-7H2,1H3. The van der Waals surface area contributed by atoms with Crippen LogP contribution in [0.2, 0.25) is 0 Å². The van der Waals surface area contributed by atoms with Gasteiger partial charge in [0.1, 0.15) is 5.82 Å². The van der Waals surface area contributed by atoms with Crippen molar-refractivity contribution in [3.05, 3.63) is 29.6 Å². The lowest BCUT2D eigenvalue weighted by Gasteiger charge is -2.08. The molecule has 4 heteroatoms. The summed E-state index contributed by atoms with van der Waals surface area (Å²) in [4.78, 5) is 0. The van der Waals surface area contributed by atoms with Crippen molar-refractivity contribution in [3.8, 4) is 0 Å². The van der Waals surface area contributed by atoms with E-state index in [1.807, 2.05) is 0 Å². The molecule has 0 atom stereocenters. The lowest BCUT2D eigenvalue weighted by atomic mass is 10.1. The zero-order valence-corrected chi connectivity index (χ0v) is 10.0. The molecule has 0 fully saturated rings. The van der Waals surface area contributed by atoms with Gasteiger partial charge < -0.3 is 5.32 Å². The van der Waals surface area contributed by atoms with E-state index >= 15 is 0 Å². The quantitative estimate of drug-likeness (QED) is 0.551. The Morgan fingerprint density at radius 3 is 2.41 bits per heavy atom. The molecule has 0 amide bonds. The van der Waals surface area contributed by atoms with E-state index in [2.05, 4.69) is 12.2 Å². The van der Waals surface area contributed by atoms with Crippen LogP contribution in [0.25, 0.3) is 0 Å². The van der Waals surface area contributed by atoms with Gasteiger partial charge in [-0.15, -0.1) is 0 Å². The lowest BCUT2D eigenvalue weighted by molar-refractivity contribution is 0.497. The van der Waals surface area contributed by atoms with Crippen LogP contribution in [0.5, 0.6) is 0 Å². The summed E-state index contributed by atoms with van der Waals surface area (Å²) in [5.74, 6) is -2.93. The fraction of sp³-hybridized carbons (Fsp3) is 0.538. The van der Waals surface area contributed by atoms with Crippen LogP contribution in [-0.4, -0.2) is 6.54 Å². The van der Waals surface area contributed by atoms with E-state index in [4.69, 9.17) is 0 Å². The summed E-state index contributed by atoms with van der Waals surface area (Å²) in [7, 11) is 0. The largest absolute Gasteiger partial charge is 0.383 e. The van der Waals surface area contributed by atoms with E-state index in [1.165, 1.54) is 6.42 Å². The van der Waals surface area contributed by atoms with Gasteiger partial charge in [-0.1, -0.05) is 32.6 Å². The Balaban J connectivity index is 2.36. The van der Waals surface area contributed by atoms with Crippen molar-refractivity contribution in [2.24, 2.45) is 0 Å². The van der Waals surface area contributed by atoms with Crippen LogP contribution in [0.15, 0.2) is 12.1 Å². The van der Waals surface area contributed by atoms with E-state index in [0.717, 1.165) is 31.7 Å². The van der Waals surface area contributed by atoms with Crippen molar-refractivity contribution in [2.75, 3.05) is 11.9 Å². The van der Waals surface area contributed by atoms with Crippen LogP contribution in [0.1, 0.15) is 39.0 Å². The highest BCUT2D eigenvalue weighted by Gasteiger charge is 2.10. The number of benzene rings is 1. The zero-order chi connectivity index (χ0) is 12.7. The summed E-state index contributed by atoms with van der Waals surface area (Å²) in [6.07, 6.45) is 5.40. The zero-order valence-electron chi connectivity index (χ0n) is 10.0. The number of nitrogens with one attached hydrogen (secondary N) is 1. The van der Waals surface area contributed by atoms with E-state index in [-0.39, 0.29) is 5.69 Å². The molecule has 0 spiro atoms. The number of unbranched alkanes of at least 4 members (excludes halogenated alkanes) is 4. The van der Waals surface area contributed by atoms with Crippen molar-refractivity contribution in [1.82, 2.24) is 0 Å². The normalized spacial score (nSPS) is 10.6. The summed E-state index contributed by atoms with van der Waals surface area (Å²) >= 11 is 0. The van der Waals surface area contributed by atoms with E-state index in [0.29, 0.717) is 12.6 Å². The van der Waals surface area contributed by atoms with Gasteiger partial charge in [0.2, 0.25) is 0 Å². The second kappa shape index (κ2) is 7.20. The molecule has 1 aromatic rings. The van der Waals surface area contributed by atoms with Crippen molar-refractivity contribution >= 4 is 5.69 Å². The predicted octanol–water partition coefficient (Wildman–Crippen LogP) is 4.49. The number of rotatable bonds is 7. The van der Waals surface area contributed by atoms with Gasteiger partial charge in [0, 0.05) is 18.7 Å². The first-order valence-corrected chi connectivity index (χ1v) is 6.03. The summed E-state index contributed by atoms with van der Waals surface area (Å²) in [6.45, 7) is 2.66. The average molecular weight is 245 g/mol. The first-order valence-electron chi connectivity index (χ1n) is 6.03. The van der Waals surface area contributed by atoms with Crippen LogP contribution in [0, 0.1) is 17.5 Å². The van der Waals surface area contributed by atoms with Crippen molar-refractivity contribution in [3.63, 3.8) is 0 Å². The van der Waals surface area contributed by atoms with Crippen molar-refractivity contribution < 1.29 is 13.2 Å². The molecule has 17 heavy (non-hydrogen) atoms. The van der Waals surface area contributed by atoms with Crippen LogP contribution in [0.4, 0.5) is 18.9 Å². The van der Waals surface area contributed by atoms with Gasteiger partial charge in [-0.2, -0.15) is 0 Å². The minimum absolute atomic E-state index is 0.0991. The Morgan fingerprint density at radius 1 is 1.00 bits per heavy atom. The minimum Gasteiger partial charge on any atom is -0.383 e. The van der Waals surface area contributed by atoms with Gasteiger partial charge in [0.25, 0.3) is 0 Å². The number of halogens is 3. The maximum Gasteiger partial charge on any atom is 0.182 e. The third-order valence-electron chi connectivity index (χ3n) is 2.59. The summed E-state index contributed by atoms with van der Waals surface area (Å²) in [5, 5.41) is 2.72. The van der Waals surface area contributed by atoms with Gasteiger partial charge in [-0.05, 0) is 6.42 Å². The predicted molar refractivity (Wildman–Crippen MR) is 63.6 cm³/mol. The average Bonchev–Trinajstić information content (AvgIpc) is 2.29. The monoisotopic (exact) mass is 245 g/mol. The molecule has 1 N–H and O–H groups in total. The summed E-state index contributed by atoms with van der Waals surface area (Å²) < 4.78 is 38.9. The topological polar surface area (TPSA) is 12.0 Å². The maximum atomic E-state index is 13.2. The van der Waals surface area contributed by atoms with Crippen LogP contribution >= 0.6 is 0 Å². The van der Waals surface area contributed by atoms with Crippen LogP contribution in [0.3, 0.4) is 0 Å². The molecule has 0 unspecified atom stereocenters. The van der Waals surface area contributed by atoms with Crippen LogP contribution < -0.4 is 5.32 Å². The molecule has 1 aromatic carbocycles. The molecule has 0 aliphatic heterocycles. The molecule has 0 aliphatic rings. The Bertz CT molecular complexity index is 353. The van der Waals surface area contributed by atoms with Gasteiger partial charge in [-0.3, -0.25) is 0 Å². The molecule has 96 valence electrons. The number of hydrogen-bond donors (Lipinski definition) is 1. The SMILES string of the molecule is CCCCCCCNc1cc(F)cc(F)c1F. The number of hydrogen-bond acceptors (Lipinski definition) is 1. The molecule has 0 heterocycles. The Morgan fingerprint density at radius 2 is 1.71 bits per heavy atom. The number of anilines is 1. The van der Waals surface area contributed by atoms with Gasteiger partial charge in [0.15, 0.2) is 11.6 Å². The molecule has 0 saturated carbocycles. The summed E-state index contributed by atoms with van der Waals surface area (Å²) in [6, 6.07) is 1.52. The molecule has 1 nitrogen and oxygen atoms in total. The van der Waals surface area contributed by atoms with E-state index in [9.17, 15) is 13.2 Å². The molecule has 0 aromatic heterocycles. The van der Waals surface area contributed by atoms with E-state index in [1.54, 1.807) is 0 Å². The van der Waals surface area contributed by atoms with Crippen molar-refractivity contribution in [1.29, 1.82) is 0 Å². The molecule has 0 aliphatic carbocycles. The first-order chi connectivity index (χ1) is 8.15. The fourth-order valence-corrected chi connectivity index (χ4v) is 1.64. The van der Waals surface area contributed by atoms with Crippen molar-refractivity contribution in [2.45, 2.75) is 39.0 Å². The molecule has 1 rings (SSSR count). The molecule has 0 saturated heterocycles. The molecular formula is C13H18F3N. The smallest absolute Gasteiger partial charge is 0.182 e. The second-order valence-electron chi connectivity index (χ2n) is 4.09. The lowest BCUT2D eigenvalue weighted by Crippen LogP contribution is -2.05. The minimum atomic E-state index is -1.15. The third kappa shape index (κ3) is 4.67. The highest BCUT2D eigenvalue weighted by atomic mass is 19.2. The van der Waals surface area contributed by atoms with E-state index < -0.39 is 17.5 Å². The molecular weight excluding hydrogens is 227 g/mol. The first kappa shape index (κ1) is 13.9. The Kier molecular flexibility index (Phi) is 5.87. The highest BCUT2D eigenvalue weighted by molar-refractivity contribution is 5.45. The maximum absolute atomic E-state index is 13.2. The van der Waals surface area contributed by atoms with Gasteiger partial charge in [0.05, 0.1) is 5.69 Å².